The van der Waals surface area contributed by atoms with Gasteiger partial charge < -0.3 is 20.3 Å². The maximum Gasteiger partial charge on any atom is 0.246 e. The predicted octanol–water partition coefficient (Wildman–Crippen LogP) is 0.949. The van der Waals surface area contributed by atoms with E-state index in [0.29, 0.717) is 25.2 Å². The first-order chi connectivity index (χ1) is 8.43. The Hall–Kier alpha value is -0.650. The maximum absolute atomic E-state index is 11.4. The Morgan fingerprint density at radius 2 is 1.94 bits per heavy atom. The molecule has 112 valence electrons. The number of likely N-dealkylation sites (N-methyl/N-ethyl adjacent to an activating group) is 1. The second-order valence-corrected chi connectivity index (χ2v) is 5.09. The largest absolute Gasteiger partial charge is 0.370 e. The third kappa shape index (κ3) is 10.5. The summed E-state index contributed by atoms with van der Waals surface area (Å²) in [5, 5.41) is 6.07. The van der Waals surface area contributed by atoms with Gasteiger partial charge in [0.1, 0.15) is 6.61 Å². The van der Waals surface area contributed by atoms with Crippen molar-refractivity contribution in [3.05, 3.63) is 0 Å². The molecule has 5 nitrogen and oxygen atoms in total. The van der Waals surface area contributed by atoms with E-state index in [-0.39, 0.29) is 15.4 Å². The number of ether oxygens (including phenoxy) is 1. The summed E-state index contributed by atoms with van der Waals surface area (Å²) in [6.45, 7) is 11.4. The quantitative estimate of drug-likeness (QED) is 0.576. The van der Waals surface area contributed by atoms with Crippen LogP contribution < -0.4 is 10.6 Å². The lowest BCUT2D eigenvalue weighted by molar-refractivity contribution is -0.125. The molecule has 1 amide bonds. The average molecular weight is 263 g/mol. The van der Waals surface area contributed by atoms with Crippen molar-refractivity contribution < 1.29 is 12.4 Å². The standard InChI is InChI=1S/C13H29N3O2.2H2/c1-11(2)14-7-9-18-10-13(17)15-6-8-16(5)12(3)4;;/h11-12,14H,6-10H2,1-5H3,(H,15,17);2*1H. The van der Waals surface area contributed by atoms with Gasteiger partial charge in [0.05, 0.1) is 6.61 Å². The fourth-order valence-corrected chi connectivity index (χ4v) is 1.27. The van der Waals surface area contributed by atoms with E-state index in [1.807, 2.05) is 7.05 Å². The Balaban J connectivity index is -0.00000144. The van der Waals surface area contributed by atoms with E-state index >= 15 is 0 Å². The van der Waals surface area contributed by atoms with E-state index in [2.05, 4.69) is 43.2 Å². The van der Waals surface area contributed by atoms with Crippen molar-refractivity contribution in [3.8, 4) is 0 Å². The van der Waals surface area contributed by atoms with E-state index in [1.165, 1.54) is 0 Å². The minimum absolute atomic E-state index is 0. The van der Waals surface area contributed by atoms with Gasteiger partial charge >= 0.3 is 0 Å². The molecule has 0 aromatic rings. The van der Waals surface area contributed by atoms with Crippen LogP contribution in [0.25, 0.3) is 0 Å². The van der Waals surface area contributed by atoms with E-state index in [4.69, 9.17) is 4.74 Å². The van der Waals surface area contributed by atoms with E-state index in [1.54, 1.807) is 0 Å². The number of carbonyl (C=O) groups is 1. The number of hydrogen-bond donors (Lipinski definition) is 2. The van der Waals surface area contributed by atoms with Crippen LogP contribution in [0.1, 0.15) is 30.5 Å². The highest BCUT2D eigenvalue weighted by Crippen LogP contribution is 1.90. The molecule has 0 aromatic heterocycles. The molecule has 0 aliphatic heterocycles. The summed E-state index contributed by atoms with van der Waals surface area (Å²) in [6, 6.07) is 0.953. The van der Waals surface area contributed by atoms with E-state index in [9.17, 15) is 4.79 Å². The molecule has 0 fully saturated rings. The van der Waals surface area contributed by atoms with Gasteiger partial charge in [-0.25, -0.2) is 0 Å². The second kappa shape index (κ2) is 10.3. The first-order valence-electron chi connectivity index (χ1n) is 6.71. The molecule has 0 atom stereocenters. The summed E-state index contributed by atoms with van der Waals surface area (Å²) in [5.41, 5.74) is 0. The van der Waals surface area contributed by atoms with Gasteiger partial charge in [-0.2, -0.15) is 0 Å². The minimum atomic E-state index is -0.0447. The van der Waals surface area contributed by atoms with Crippen molar-refractivity contribution in [1.29, 1.82) is 0 Å². The molecule has 0 rings (SSSR count). The Morgan fingerprint density at radius 1 is 1.28 bits per heavy atom. The molecule has 0 bridgehead atoms. The van der Waals surface area contributed by atoms with Gasteiger partial charge in [0.25, 0.3) is 0 Å². The topological polar surface area (TPSA) is 53.6 Å². The Morgan fingerprint density at radius 3 is 2.50 bits per heavy atom. The SMILES string of the molecule is CC(C)NCCOCC(=O)NCCN(C)C(C)C.[HH].[HH]. The molecule has 0 aliphatic carbocycles. The zero-order valence-electron chi connectivity index (χ0n) is 12.5. The number of amides is 1. The monoisotopic (exact) mass is 263 g/mol. The van der Waals surface area contributed by atoms with Crippen LogP contribution in [0.5, 0.6) is 0 Å². The van der Waals surface area contributed by atoms with Crippen molar-refractivity contribution in [2.75, 3.05) is 39.9 Å². The lowest BCUT2D eigenvalue weighted by atomic mass is 10.3. The third-order valence-corrected chi connectivity index (χ3v) is 2.70. The number of carbonyl (C=O) groups excluding carboxylic acids is 1. The fraction of sp³-hybridized carbons (Fsp3) is 0.923. The Labute approximate surface area is 114 Å². The van der Waals surface area contributed by atoms with Gasteiger partial charge in [-0.3, -0.25) is 4.79 Å². The molecule has 0 unspecified atom stereocenters. The van der Waals surface area contributed by atoms with Crippen molar-refractivity contribution in [3.63, 3.8) is 0 Å². The normalized spacial score (nSPS) is 11.6. The highest BCUT2D eigenvalue weighted by atomic mass is 16.5. The molecule has 0 heterocycles. The first kappa shape index (κ1) is 17.4. The van der Waals surface area contributed by atoms with Crippen LogP contribution in [0, 0.1) is 0 Å². The molecule has 0 aromatic carbocycles. The maximum atomic E-state index is 11.4. The van der Waals surface area contributed by atoms with Crippen molar-refractivity contribution >= 4 is 5.91 Å². The summed E-state index contributed by atoms with van der Waals surface area (Å²) < 4.78 is 5.26. The first-order valence-corrected chi connectivity index (χ1v) is 6.71. The van der Waals surface area contributed by atoms with E-state index < -0.39 is 0 Å². The molecule has 0 saturated heterocycles. The Bertz CT molecular complexity index is 230. The number of nitrogens with one attached hydrogen (secondary N) is 2. The number of nitrogens with zero attached hydrogens (tertiary/aromatic N) is 1. The predicted molar refractivity (Wildman–Crippen MR) is 79.0 cm³/mol. The summed E-state index contributed by atoms with van der Waals surface area (Å²) in [6.07, 6.45) is 0. The van der Waals surface area contributed by atoms with Gasteiger partial charge in [0.2, 0.25) is 5.91 Å². The lowest BCUT2D eigenvalue weighted by Crippen LogP contribution is -2.37. The number of rotatable bonds is 10. The van der Waals surface area contributed by atoms with Crippen LogP contribution in [-0.4, -0.2) is 62.8 Å². The molecule has 5 heteroatoms. The van der Waals surface area contributed by atoms with Crippen LogP contribution in [0.4, 0.5) is 0 Å². The molecule has 0 saturated carbocycles. The molecule has 0 spiro atoms. The van der Waals surface area contributed by atoms with Gasteiger partial charge in [-0.1, -0.05) is 13.8 Å². The zero-order valence-corrected chi connectivity index (χ0v) is 12.5. The van der Waals surface area contributed by atoms with Crippen molar-refractivity contribution in [2.45, 2.75) is 39.8 Å². The molecule has 0 aliphatic rings. The summed E-state index contributed by atoms with van der Waals surface area (Å²) in [4.78, 5) is 13.6. The molecule has 18 heavy (non-hydrogen) atoms. The van der Waals surface area contributed by atoms with Gasteiger partial charge in [-0.05, 0) is 20.9 Å². The van der Waals surface area contributed by atoms with Crippen LogP contribution in [-0.2, 0) is 9.53 Å². The summed E-state index contributed by atoms with van der Waals surface area (Å²) >= 11 is 0. The van der Waals surface area contributed by atoms with Crippen LogP contribution in [0.2, 0.25) is 0 Å². The summed E-state index contributed by atoms with van der Waals surface area (Å²) in [5.74, 6) is -0.0447. The number of hydrogen-bond acceptors (Lipinski definition) is 4. The second-order valence-electron chi connectivity index (χ2n) is 5.09. The molecular formula is C13H33N3O2. The van der Waals surface area contributed by atoms with Crippen molar-refractivity contribution in [2.24, 2.45) is 0 Å². The Kier molecular flexibility index (Phi) is 9.92. The van der Waals surface area contributed by atoms with Gasteiger partial charge in [0.15, 0.2) is 0 Å². The van der Waals surface area contributed by atoms with Crippen LogP contribution >= 0.6 is 0 Å². The van der Waals surface area contributed by atoms with Gasteiger partial charge in [0, 0.05) is 34.6 Å². The molecule has 2 N–H and O–H groups in total. The minimum Gasteiger partial charge on any atom is -0.370 e. The molecular weight excluding hydrogens is 230 g/mol. The highest BCUT2D eigenvalue weighted by molar-refractivity contribution is 5.77. The summed E-state index contributed by atoms with van der Waals surface area (Å²) in [7, 11) is 2.05. The van der Waals surface area contributed by atoms with Crippen LogP contribution in [0.3, 0.4) is 0 Å². The van der Waals surface area contributed by atoms with E-state index in [0.717, 1.165) is 13.1 Å². The average Bonchev–Trinajstić information content (AvgIpc) is 2.27. The smallest absolute Gasteiger partial charge is 0.246 e. The molecule has 0 radical (unpaired) electrons. The van der Waals surface area contributed by atoms with Crippen LogP contribution in [0.15, 0.2) is 0 Å². The van der Waals surface area contributed by atoms with Gasteiger partial charge in [-0.15, -0.1) is 0 Å². The zero-order chi connectivity index (χ0) is 14.0. The third-order valence-electron chi connectivity index (χ3n) is 2.70. The fourth-order valence-electron chi connectivity index (χ4n) is 1.27. The highest BCUT2D eigenvalue weighted by Gasteiger charge is 2.04. The lowest BCUT2D eigenvalue weighted by Gasteiger charge is -2.20. The van der Waals surface area contributed by atoms with Crippen molar-refractivity contribution in [1.82, 2.24) is 15.5 Å².